The lowest BCUT2D eigenvalue weighted by Gasteiger charge is -1.98. The molecule has 0 amide bonds. The number of nitrogens with two attached hydrogens (primary N) is 1. The average molecular weight is 319 g/mol. The summed E-state index contributed by atoms with van der Waals surface area (Å²) in [5.74, 6) is 0. The number of aromatic nitrogens is 1. The first kappa shape index (κ1) is 14.8. The molecule has 112 valence electrons. The number of nitriles is 1. The monoisotopic (exact) mass is 319 g/mol. The lowest BCUT2D eigenvalue weighted by molar-refractivity contribution is 1.29. The van der Waals surface area contributed by atoms with Crippen LogP contribution in [0.2, 0.25) is 0 Å². The standard InChI is InChI=1S/C17H13N5S/c18-9-14-8-12(6-7-15(14)19)10-20-22-17-21-16(11-23-17)13-4-2-1-3-5-13/h1-8,10-11H,19H2,(H,21,22). The van der Waals surface area contributed by atoms with Crippen molar-refractivity contribution in [2.24, 2.45) is 5.10 Å². The van der Waals surface area contributed by atoms with Crippen molar-refractivity contribution in [1.82, 2.24) is 4.98 Å². The Morgan fingerprint density at radius 2 is 2.04 bits per heavy atom. The van der Waals surface area contributed by atoms with E-state index in [9.17, 15) is 0 Å². The van der Waals surface area contributed by atoms with E-state index in [0.717, 1.165) is 16.8 Å². The predicted molar refractivity (Wildman–Crippen MR) is 94.3 cm³/mol. The molecule has 0 aliphatic carbocycles. The number of hydrogen-bond acceptors (Lipinski definition) is 6. The Bertz CT molecular complexity index is 877. The van der Waals surface area contributed by atoms with Gasteiger partial charge < -0.3 is 5.73 Å². The van der Waals surface area contributed by atoms with Crippen molar-refractivity contribution < 1.29 is 0 Å². The highest BCUT2D eigenvalue weighted by atomic mass is 32.1. The molecule has 0 aliphatic heterocycles. The van der Waals surface area contributed by atoms with Crippen molar-refractivity contribution in [3.8, 4) is 17.3 Å². The summed E-state index contributed by atoms with van der Waals surface area (Å²) < 4.78 is 0. The number of rotatable bonds is 4. The maximum Gasteiger partial charge on any atom is 0.203 e. The van der Waals surface area contributed by atoms with Gasteiger partial charge in [0.25, 0.3) is 0 Å². The maximum atomic E-state index is 8.96. The van der Waals surface area contributed by atoms with Gasteiger partial charge in [-0.05, 0) is 17.7 Å². The number of thiazole rings is 1. The molecule has 3 N–H and O–H groups in total. The van der Waals surface area contributed by atoms with E-state index < -0.39 is 0 Å². The number of anilines is 2. The van der Waals surface area contributed by atoms with E-state index in [1.807, 2.05) is 41.8 Å². The van der Waals surface area contributed by atoms with Crippen molar-refractivity contribution in [2.45, 2.75) is 0 Å². The Morgan fingerprint density at radius 3 is 2.83 bits per heavy atom. The van der Waals surface area contributed by atoms with Gasteiger partial charge in [-0.2, -0.15) is 10.4 Å². The third-order valence-corrected chi connectivity index (χ3v) is 3.89. The molecule has 0 saturated carbocycles. The van der Waals surface area contributed by atoms with Crippen molar-refractivity contribution >= 4 is 28.4 Å². The zero-order valence-corrected chi connectivity index (χ0v) is 12.9. The topological polar surface area (TPSA) is 87.1 Å². The van der Waals surface area contributed by atoms with E-state index in [-0.39, 0.29) is 0 Å². The largest absolute Gasteiger partial charge is 0.398 e. The first-order valence-electron chi connectivity index (χ1n) is 6.86. The van der Waals surface area contributed by atoms with Gasteiger partial charge in [-0.1, -0.05) is 36.4 Å². The highest BCUT2D eigenvalue weighted by Gasteiger charge is 2.03. The zero-order chi connectivity index (χ0) is 16.1. The van der Waals surface area contributed by atoms with Gasteiger partial charge in [-0.15, -0.1) is 11.3 Å². The minimum absolute atomic E-state index is 0.439. The third-order valence-electron chi connectivity index (χ3n) is 3.15. The van der Waals surface area contributed by atoms with Crippen LogP contribution in [0.25, 0.3) is 11.3 Å². The second-order valence-electron chi connectivity index (χ2n) is 4.73. The number of nitrogens with zero attached hydrogens (tertiary/aromatic N) is 3. The van der Waals surface area contributed by atoms with Gasteiger partial charge in [0.15, 0.2) is 0 Å². The lowest BCUT2D eigenvalue weighted by Crippen LogP contribution is -1.94. The number of hydrazone groups is 1. The van der Waals surface area contributed by atoms with Gasteiger partial charge in [0.1, 0.15) is 6.07 Å². The Kier molecular flexibility index (Phi) is 4.32. The summed E-state index contributed by atoms with van der Waals surface area (Å²) in [7, 11) is 0. The minimum Gasteiger partial charge on any atom is -0.398 e. The quantitative estimate of drug-likeness (QED) is 0.436. The fraction of sp³-hybridized carbons (Fsp3) is 0. The zero-order valence-electron chi connectivity index (χ0n) is 12.1. The van der Waals surface area contributed by atoms with Crippen molar-refractivity contribution in [3.63, 3.8) is 0 Å². The number of nitrogens with one attached hydrogen (secondary N) is 1. The molecule has 3 aromatic rings. The summed E-state index contributed by atoms with van der Waals surface area (Å²) in [4.78, 5) is 4.48. The number of hydrogen-bond donors (Lipinski definition) is 2. The first-order chi connectivity index (χ1) is 11.3. The Morgan fingerprint density at radius 1 is 1.22 bits per heavy atom. The van der Waals surface area contributed by atoms with Crippen molar-refractivity contribution in [1.29, 1.82) is 5.26 Å². The molecule has 0 fully saturated rings. The smallest absolute Gasteiger partial charge is 0.203 e. The van der Waals surface area contributed by atoms with Gasteiger partial charge in [0, 0.05) is 16.6 Å². The van der Waals surface area contributed by atoms with E-state index in [1.54, 1.807) is 24.4 Å². The molecule has 6 heteroatoms. The van der Waals surface area contributed by atoms with Crippen LogP contribution >= 0.6 is 11.3 Å². The molecule has 0 spiro atoms. The van der Waals surface area contributed by atoms with Gasteiger partial charge in [0.05, 0.1) is 17.5 Å². The van der Waals surface area contributed by atoms with Crippen LogP contribution in [0.3, 0.4) is 0 Å². The number of benzene rings is 2. The molecule has 2 aromatic carbocycles. The van der Waals surface area contributed by atoms with E-state index in [2.05, 4.69) is 15.5 Å². The number of nitrogen functional groups attached to an aromatic ring is 1. The molecular weight excluding hydrogens is 306 g/mol. The minimum atomic E-state index is 0.439. The summed E-state index contributed by atoms with van der Waals surface area (Å²) in [6.45, 7) is 0. The van der Waals surface area contributed by atoms with Crippen LogP contribution in [0.4, 0.5) is 10.8 Å². The Balaban J connectivity index is 1.69. The molecule has 23 heavy (non-hydrogen) atoms. The van der Waals surface area contributed by atoms with Gasteiger partial charge in [-0.3, -0.25) is 5.43 Å². The molecule has 0 saturated heterocycles. The Hall–Kier alpha value is -3.17. The molecule has 1 heterocycles. The fourth-order valence-electron chi connectivity index (χ4n) is 1.98. The highest BCUT2D eigenvalue weighted by molar-refractivity contribution is 7.14. The molecule has 1 aromatic heterocycles. The maximum absolute atomic E-state index is 8.96. The molecule has 5 nitrogen and oxygen atoms in total. The van der Waals surface area contributed by atoms with Crippen LogP contribution in [-0.2, 0) is 0 Å². The SMILES string of the molecule is N#Cc1cc(C=NNc2nc(-c3ccccc3)cs2)ccc1N. The molecular formula is C17H13N5S. The summed E-state index contributed by atoms with van der Waals surface area (Å²) in [5, 5.41) is 15.8. The molecule has 0 radical (unpaired) electrons. The van der Waals surface area contributed by atoms with E-state index in [0.29, 0.717) is 16.4 Å². The summed E-state index contributed by atoms with van der Waals surface area (Å²) in [6, 6.07) is 17.2. The normalized spacial score (nSPS) is 10.6. The first-order valence-corrected chi connectivity index (χ1v) is 7.74. The Labute approximate surface area is 137 Å². The second kappa shape index (κ2) is 6.73. The van der Waals surface area contributed by atoms with Crippen LogP contribution < -0.4 is 11.2 Å². The average Bonchev–Trinajstić information content (AvgIpc) is 3.06. The predicted octanol–water partition coefficient (Wildman–Crippen LogP) is 3.71. The lowest BCUT2D eigenvalue weighted by atomic mass is 10.1. The summed E-state index contributed by atoms with van der Waals surface area (Å²) in [6.07, 6.45) is 1.63. The summed E-state index contributed by atoms with van der Waals surface area (Å²) in [5.41, 5.74) is 12.3. The fourth-order valence-corrected chi connectivity index (χ4v) is 2.65. The highest BCUT2D eigenvalue weighted by Crippen LogP contribution is 2.24. The van der Waals surface area contributed by atoms with E-state index >= 15 is 0 Å². The van der Waals surface area contributed by atoms with Crippen LogP contribution in [0.5, 0.6) is 0 Å². The summed E-state index contributed by atoms with van der Waals surface area (Å²) >= 11 is 1.48. The van der Waals surface area contributed by atoms with E-state index in [4.69, 9.17) is 11.0 Å². The molecule has 0 unspecified atom stereocenters. The van der Waals surface area contributed by atoms with E-state index in [1.165, 1.54) is 11.3 Å². The van der Waals surface area contributed by atoms with Gasteiger partial charge in [0.2, 0.25) is 5.13 Å². The van der Waals surface area contributed by atoms with Crippen LogP contribution in [0.1, 0.15) is 11.1 Å². The van der Waals surface area contributed by atoms with Gasteiger partial charge >= 0.3 is 0 Å². The van der Waals surface area contributed by atoms with Crippen molar-refractivity contribution in [2.75, 3.05) is 11.2 Å². The molecule has 3 rings (SSSR count). The van der Waals surface area contributed by atoms with Crippen LogP contribution in [0.15, 0.2) is 59.0 Å². The molecule has 0 atom stereocenters. The third kappa shape index (κ3) is 3.54. The van der Waals surface area contributed by atoms with Gasteiger partial charge in [-0.25, -0.2) is 4.98 Å². The van der Waals surface area contributed by atoms with Crippen molar-refractivity contribution in [3.05, 3.63) is 65.0 Å². The van der Waals surface area contributed by atoms with Crippen LogP contribution in [-0.4, -0.2) is 11.2 Å². The van der Waals surface area contributed by atoms with Crippen LogP contribution in [0, 0.1) is 11.3 Å². The second-order valence-corrected chi connectivity index (χ2v) is 5.59. The molecule has 0 aliphatic rings. The molecule has 0 bridgehead atoms.